The van der Waals surface area contributed by atoms with Gasteiger partial charge in [0, 0.05) is 0 Å². The Morgan fingerprint density at radius 1 is 1.88 bits per heavy atom. The van der Waals surface area contributed by atoms with Crippen LogP contribution >= 0.6 is 0 Å². The zero-order valence-corrected chi connectivity index (χ0v) is 3.68. The molecule has 6 heteroatoms. The lowest BCUT2D eigenvalue weighted by molar-refractivity contribution is -0.202. The summed E-state index contributed by atoms with van der Waals surface area (Å²) < 4.78 is 0. The molecule has 0 heterocycles. The van der Waals surface area contributed by atoms with Gasteiger partial charge in [0.25, 0.3) is 0 Å². The van der Waals surface area contributed by atoms with E-state index in [4.69, 9.17) is 10.4 Å². The molecule has 0 aliphatic heterocycles. The zero-order valence-electron chi connectivity index (χ0n) is 3.68. The fourth-order valence-electron chi connectivity index (χ4n) is 0.0940. The SMILES string of the molecule is O=C(O)N=[N+]=COO. The Morgan fingerprint density at radius 2 is 2.50 bits per heavy atom. The average molecular weight is 119 g/mol. The van der Waals surface area contributed by atoms with Crippen molar-refractivity contribution in [2.24, 2.45) is 5.11 Å². The van der Waals surface area contributed by atoms with E-state index >= 15 is 0 Å². The standard InChI is InChI=1S/C2H2N2O4/c5-2(6)4-3-1-8-7/h1H,(H-,5,6,7)/p+1. The minimum atomic E-state index is -1.45. The van der Waals surface area contributed by atoms with Crippen molar-refractivity contribution >= 4 is 12.5 Å². The molecule has 44 valence electrons. The van der Waals surface area contributed by atoms with Crippen LogP contribution < -0.4 is 0 Å². The van der Waals surface area contributed by atoms with E-state index in [1.807, 2.05) is 0 Å². The van der Waals surface area contributed by atoms with Crippen LogP contribution in [0.4, 0.5) is 4.79 Å². The first-order chi connectivity index (χ1) is 3.77. The van der Waals surface area contributed by atoms with Gasteiger partial charge in [0.1, 0.15) is 4.79 Å². The summed E-state index contributed by atoms with van der Waals surface area (Å²) in [4.78, 5) is 15.4. The Hall–Kier alpha value is -1.39. The minimum Gasteiger partial charge on any atom is -0.459 e. The highest BCUT2D eigenvalue weighted by molar-refractivity contribution is 5.64. The predicted octanol–water partition coefficient (Wildman–Crippen LogP) is -0.157. The predicted molar refractivity (Wildman–Crippen MR) is 20.5 cm³/mol. The van der Waals surface area contributed by atoms with Crippen molar-refractivity contribution in [3.63, 3.8) is 0 Å². The molecule has 8 heavy (non-hydrogen) atoms. The number of carboxylic acid groups (broad SMARTS) is 1. The summed E-state index contributed by atoms with van der Waals surface area (Å²) in [6, 6.07) is 0. The summed E-state index contributed by atoms with van der Waals surface area (Å²) in [7, 11) is 0. The second-order valence-corrected chi connectivity index (χ2v) is 0.709. The van der Waals surface area contributed by atoms with Gasteiger partial charge in [0.2, 0.25) is 5.11 Å². The first kappa shape index (κ1) is 6.61. The average Bonchev–Trinajstić information content (AvgIpc) is 1.66. The molecular formula is C2H3N2O4+. The molecular weight excluding hydrogens is 116 g/mol. The van der Waals surface area contributed by atoms with Crippen LogP contribution in [0.3, 0.4) is 0 Å². The second kappa shape index (κ2) is 3.79. The fourth-order valence-corrected chi connectivity index (χ4v) is 0.0940. The highest BCUT2D eigenvalue weighted by Crippen LogP contribution is 1.61. The third kappa shape index (κ3) is 4.61. The number of amides is 1. The van der Waals surface area contributed by atoms with Crippen LogP contribution in [-0.4, -0.2) is 27.6 Å². The lowest BCUT2D eigenvalue weighted by atomic mass is 11.3. The molecule has 0 saturated carbocycles. The lowest BCUT2D eigenvalue weighted by Crippen LogP contribution is -1.85. The van der Waals surface area contributed by atoms with E-state index in [1.165, 1.54) is 0 Å². The molecule has 0 aliphatic carbocycles. The fraction of sp³-hybridized carbons (Fsp3) is 0. The maximum atomic E-state index is 9.46. The van der Waals surface area contributed by atoms with E-state index in [1.54, 1.807) is 0 Å². The molecule has 0 rings (SSSR count). The Bertz CT molecular complexity index is 135. The zero-order chi connectivity index (χ0) is 6.41. The maximum Gasteiger partial charge on any atom is 0.520 e. The number of carbonyl (C=O) groups is 1. The summed E-state index contributed by atoms with van der Waals surface area (Å²) in [5.41, 5.74) is 0. The molecule has 0 unspecified atom stereocenters. The molecule has 6 nitrogen and oxygen atoms in total. The molecule has 0 aliphatic rings. The number of nitrogens with zero attached hydrogens (tertiary/aromatic N) is 2. The van der Waals surface area contributed by atoms with Gasteiger partial charge in [-0.2, -0.15) is 5.26 Å². The van der Waals surface area contributed by atoms with Gasteiger partial charge in [0.15, 0.2) is 0 Å². The van der Waals surface area contributed by atoms with Gasteiger partial charge in [-0.1, -0.05) is 0 Å². The molecule has 0 aromatic carbocycles. The van der Waals surface area contributed by atoms with Crippen molar-refractivity contribution in [2.75, 3.05) is 0 Å². The topological polar surface area (TPSA) is 93.2 Å². The quantitative estimate of drug-likeness (QED) is 0.125. The van der Waals surface area contributed by atoms with Gasteiger partial charge < -0.3 is 5.11 Å². The number of rotatable bonds is 1. The van der Waals surface area contributed by atoms with Gasteiger partial charge in [-0.3, -0.25) is 4.89 Å². The largest absolute Gasteiger partial charge is 0.520 e. The van der Waals surface area contributed by atoms with Crippen molar-refractivity contribution in [3.05, 3.63) is 0 Å². The summed E-state index contributed by atoms with van der Waals surface area (Å²) in [6.07, 6.45) is -0.966. The smallest absolute Gasteiger partial charge is 0.459 e. The van der Waals surface area contributed by atoms with Crippen LogP contribution in [-0.2, 0) is 4.89 Å². The van der Waals surface area contributed by atoms with Crippen LogP contribution in [0.2, 0.25) is 0 Å². The van der Waals surface area contributed by atoms with Crippen molar-refractivity contribution in [2.45, 2.75) is 0 Å². The highest BCUT2D eigenvalue weighted by atomic mass is 17.1. The van der Waals surface area contributed by atoms with E-state index in [0.717, 1.165) is 0 Å². The van der Waals surface area contributed by atoms with E-state index in [9.17, 15) is 4.79 Å². The van der Waals surface area contributed by atoms with Gasteiger partial charge in [0.05, 0.1) is 0 Å². The van der Waals surface area contributed by atoms with Crippen molar-refractivity contribution in [1.82, 2.24) is 0 Å². The molecule has 0 radical (unpaired) electrons. The van der Waals surface area contributed by atoms with Gasteiger partial charge in [-0.25, -0.2) is 4.79 Å². The van der Waals surface area contributed by atoms with E-state index in [0.29, 0.717) is 6.40 Å². The first-order valence-corrected chi connectivity index (χ1v) is 1.53. The molecule has 2 N–H and O–H groups in total. The number of hydrogen-bond acceptors (Lipinski definition) is 3. The molecule has 0 spiro atoms. The lowest BCUT2D eigenvalue weighted by Gasteiger charge is -1.60. The molecule has 1 amide bonds. The van der Waals surface area contributed by atoms with Gasteiger partial charge in [-0.15, -0.1) is 0 Å². The van der Waals surface area contributed by atoms with E-state index in [-0.39, 0.29) is 0 Å². The van der Waals surface area contributed by atoms with Crippen LogP contribution in [0.25, 0.3) is 0 Å². The van der Waals surface area contributed by atoms with Crippen molar-refractivity contribution in [1.29, 1.82) is 0 Å². The van der Waals surface area contributed by atoms with E-state index in [2.05, 4.69) is 14.8 Å². The first-order valence-electron chi connectivity index (χ1n) is 1.53. The Labute approximate surface area is 43.7 Å². The Morgan fingerprint density at radius 3 is 2.88 bits per heavy atom. The van der Waals surface area contributed by atoms with Crippen LogP contribution in [0, 0.1) is 0 Å². The molecule has 0 aromatic rings. The summed E-state index contributed by atoms with van der Waals surface area (Å²) in [5.74, 6) is 0. The molecule has 0 fully saturated rings. The summed E-state index contributed by atoms with van der Waals surface area (Å²) in [6.45, 7) is 0. The van der Waals surface area contributed by atoms with Crippen LogP contribution in [0.5, 0.6) is 0 Å². The van der Waals surface area contributed by atoms with Crippen molar-refractivity contribution < 1.29 is 24.8 Å². The van der Waals surface area contributed by atoms with Crippen LogP contribution in [0.15, 0.2) is 5.11 Å². The molecule has 0 atom stereocenters. The normalized spacial score (nSPS) is 6.62. The maximum absolute atomic E-state index is 9.46. The molecule has 0 saturated heterocycles. The minimum absolute atomic E-state index is 0.480. The van der Waals surface area contributed by atoms with Crippen molar-refractivity contribution in [3.8, 4) is 0 Å². The third-order valence-corrected chi connectivity index (χ3v) is 0.238. The molecule has 0 aromatic heterocycles. The Balaban J connectivity index is 3.64. The highest BCUT2D eigenvalue weighted by Gasteiger charge is 1.93. The van der Waals surface area contributed by atoms with Gasteiger partial charge in [-0.05, 0) is 0 Å². The van der Waals surface area contributed by atoms with E-state index < -0.39 is 6.09 Å². The summed E-state index contributed by atoms with van der Waals surface area (Å²) >= 11 is 0. The third-order valence-electron chi connectivity index (χ3n) is 0.238. The van der Waals surface area contributed by atoms with Gasteiger partial charge >= 0.3 is 12.5 Å². The number of hydrogen-bond donors (Lipinski definition) is 2. The second-order valence-electron chi connectivity index (χ2n) is 0.709. The summed E-state index contributed by atoms with van der Waals surface area (Å²) in [5, 5.41) is 17.7. The molecule has 0 bridgehead atoms. The Kier molecular flexibility index (Phi) is 3.13. The monoisotopic (exact) mass is 119 g/mol. The van der Waals surface area contributed by atoms with Crippen LogP contribution in [0.1, 0.15) is 0 Å².